The molecule has 9 heteroatoms. The number of aryl methyl sites for hydroxylation is 1. The highest BCUT2D eigenvalue weighted by Gasteiger charge is 2.35. The van der Waals surface area contributed by atoms with E-state index in [9.17, 15) is 15.2 Å². The van der Waals surface area contributed by atoms with Crippen LogP contribution in [-0.2, 0) is 12.5 Å². The third-order valence-electron chi connectivity index (χ3n) is 5.26. The van der Waals surface area contributed by atoms with Crippen molar-refractivity contribution >= 4 is 28.9 Å². The van der Waals surface area contributed by atoms with Crippen molar-refractivity contribution in [1.29, 1.82) is 5.26 Å². The molecule has 0 amide bonds. The van der Waals surface area contributed by atoms with Gasteiger partial charge in [0.25, 0.3) is 5.56 Å². The number of hydrogen-bond acceptors (Lipinski definition) is 7. The van der Waals surface area contributed by atoms with Crippen LogP contribution in [0.4, 0.5) is 17.3 Å². The van der Waals surface area contributed by atoms with Crippen LogP contribution in [0.1, 0.15) is 18.1 Å². The number of aromatic nitrogens is 3. The van der Waals surface area contributed by atoms with Crippen molar-refractivity contribution in [3.63, 3.8) is 0 Å². The van der Waals surface area contributed by atoms with E-state index in [1.54, 1.807) is 25.4 Å². The first-order valence-electron chi connectivity index (χ1n) is 9.24. The topological polar surface area (TPSA) is 116 Å². The molecule has 0 fully saturated rings. The van der Waals surface area contributed by atoms with Crippen LogP contribution in [-0.4, -0.2) is 32.8 Å². The fourth-order valence-electron chi connectivity index (χ4n) is 3.52. The van der Waals surface area contributed by atoms with Crippen LogP contribution in [0.2, 0.25) is 5.02 Å². The summed E-state index contributed by atoms with van der Waals surface area (Å²) in [5.41, 5.74) is 2.90. The predicted octanol–water partition coefficient (Wildman–Crippen LogP) is 2.79. The third-order valence-corrected chi connectivity index (χ3v) is 5.47. The zero-order valence-electron chi connectivity index (χ0n) is 16.4. The minimum atomic E-state index is -0.488. The molecule has 0 saturated carbocycles. The number of nitrogens with one attached hydrogen (secondary N) is 2. The molecule has 4 rings (SSSR count). The second-order valence-electron chi connectivity index (χ2n) is 7.51. The fourth-order valence-corrected chi connectivity index (χ4v) is 3.78. The molecule has 0 bridgehead atoms. The smallest absolute Gasteiger partial charge is 0.274 e. The van der Waals surface area contributed by atoms with Gasteiger partial charge in [-0.1, -0.05) is 18.5 Å². The number of pyridine rings is 1. The van der Waals surface area contributed by atoms with Crippen molar-refractivity contribution in [3.8, 4) is 17.3 Å². The molecule has 1 aromatic carbocycles. The summed E-state index contributed by atoms with van der Waals surface area (Å²) in [5.74, 6) is 0.230. The average Bonchev–Trinajstić information content (AvgIpc) is 3.08. The zero-order valence-corrected chi connectivity index (χ0v) is 17.2. The van der Waals surface area contributed by atoms with Gasteiger partial charge in [-0.3, -0.25) is 4.79 Å². The lowest BCUT2D eigenvalue weighted by Crippen LogP contribution is -2.28. The highest BCUT2D eigenvalue weighted by atomic mass is 35.5. The molecule has 152 valence electrons. The van der Waals surface area contributed by atoms with E-state index in [1.807, 2.05) is 13.0 Å². The summed E-state index contributed by atoms with van der Waals surface area (Å²) in [6.07, 6.45) is 3.09. The van der Waals surface area contributed by atoms with Crippen molar-refractivity contribution in [2.75, 3.05) is 23.8 Å². The molecular formula is C21H19ClN6O2. The van der Waals surface area contributed by atoms with Crippen molar-refractivity contribution in [1.82, 2.24) is 14.5 Å². The standard InChI is InChI=1S/C21H19ClN6O2/c1-21(11-29)10-25-18-13(8-23)5-12(6-15(18)21)16-3-4-24-20(26-16)27-17-7-14(22)9-28(2)19(17)30/h3-7,9,25,29H,10-11H2,1-2H3,(H,24,26,27)/t21-/m1/s1. The van der Waals surface area contributed by atoms with E-state index in [1.165, 1.54) is 16.8 Å². The molecule has 8 nitrogen and oxygen atoms in total. The quantitative estimate of drug-likeness (QED) is 0.592. The minimum absolute atomic E-state index is 0.0457. The van der Waals surface area contributed by atoms with Crippen LogP contribution >= 0.6 is 11.6 Å². The number of hydrogen-bond donors (Lipinski definition) is 3. The normalized spacial score (nSPS) is 17.2. The van der Waals surface area contributed by atoms with Crippen molar-refractivity contribution in [3.05, 3.63) is 63.2 Å². The highest BCUT2D eigenvalue weighted by Crippen LogP contribution is 2.41. The molecular weight excluding hydrogens is 404 g/mol. The van der Waals surface area contributed by atoms with Crippen LogP contribution in [0.15, 0.2) is 41.5 Å². The van der Waals surface area contributed by atoms with Crippen molar-refractivity contribution in [2.45, 2.75) is 12.3 Å². The van der Waals surface area contributed by atoms with E-state index in [0.717, 1.165) is 16.8 Å². The molecule has 1 aliphatic heterocycles. The Hall–Kier alpha value is -3.41. The molecule has 0 spiro atoms. The lowest BCUT2D eigenvalue weighted by atomic mass is 9.83. The Bertz CT molecular complexity index is 1250. The summed E-state index contributed by atoms with van der Waals surface area (Å²) in [6, 6.07) is 9.13. The van der Waals surface area contributed by atoms with E-state index >= 15 is 0 Å². The van der Waals surface area contributed by atoms with Gasteiger partial charge < -0.3 is 20.3 Å². The first-order valence-corrected chi connectivity index (χ1v) is 9.62. The van der Waals surface area contributed by atoms with E-state index in [0.29, 0.717) is 22.8 Å². The molecule has 0 saturated heterocycles. The minimum Gasteiger partial charge on any atom is -0.395 e. The first kappa shape index (κ1) is 19.9. The maximum atomic E-state index is 12.3. The Balaban J connectivity index is 1.76. The fraction of sp³-hybridized carbons (Fsp3) is 0.238. The Morgan fingerprint density at radius 3 is 2.97 bits per heavy atom. The van der Waals surface area contributed by atoms with Crippen LogP contribution in [0.3, 0.4) is 0 Å². The first-order chi connectivity index (χ1) is 14.3. The second kappa shape index (κ2) is 7.44. The number of nitriles is 1. The van der Waals surface area contributed by atoms with Gasteiger partial charge >= 0.3 is 0 Å². The van der Waals surface area contributed by atoms with Crippen LogP contribution < -0.4 is 16.2 Å². The molecule has 1 atom stereocenters. The Morgan fingerprint density at radius 1 is 1.43 bits per heavy atom. The van der Waals surface area contributed by atoms with Crippen LogP contribution in [0, 0.1) is 11.3 Å². The molecule has 0 radical (unpaired) electrons. The number of halogens is 1. The molecule has 0 unspecified atom stereocenters. The largest absolute Gasteiger partial charge is 0.395 e. The van der Waals surface area contributed by atoms with E-state index < -0.39 is 5.41 Å². The summed E-state index contributed by atoms with van der Waals surface area (Å²) in [5, 5.41) is 26.0. The summed E-state index contributed by atoms with van der Waals surface area (Å²) >= 11 is 6.05. The average molecular weight is 423 g/mol. The predicted molar refractivity (Wildman–Crippen MR) is 115 cm³/mol. The third kappa shape index (κ3) is 3.38. The number of benzene rings is 1. The van der Waals surface area contributed by atoms with Crippen LogP contribution in [0.25, 0.3) is 11.3 Å². The van der Waals surface area contributed by atoms with Gasteiger partial charge in [0, 0.05) is 37.0 Å². The Morgan fingerprint density at radius 2 is 2.23 bits per heavy atom. The van der Waals surface area contributed by atoms with Gasteiger partial charge in [-0.25, -0.2) is 9.97 Å². The number of anilines is 3. The van der Waals surface area contributed by atoms with Crippen molar-refractivity contribution in [2.24, 2.45) is 7.05 Å². The number of rotatable bonds is 4. The number of aliphatic hydroxyl groups is 1. The van der Waals surface area contributed by atoms with Gasteiger partial charge in [0.2, 0.25) is 5.95 Å². The maximum absolute atomic E-state index is 12.3. The molecule has 3 N–H and O–H groups in total. The molecule has 1 aliphatic rings. The summed E-state index contributed by atoms with van der Waals surface area (Å²) in [7, 11) is 1.61. The van der Waals surface area contributed by atoms with E-state index in [-0.39, 0.29) is 23.8 Å². The van der Waals surface area contributed by atoms with Gasteiger partial charge in [-0.15, -0.1) is 0 Å². The van der Waals surface area contributed by atoms with Gasteiger partial charge in [0.15, 0.2) is 0 Å². The highest BCUT2D eigenvalue weighted by molar-refractivity contribution is 6.30. The van der Waals surface area contributed by atoms with Crippen molar-refractivity contribution < 1.29 is 5.11 Å². The van der Waals surface area contributed by atoms with Gasteiger partial charge in [0.1, 0.15) is 11.8 Å². The van der Waals surface area contributed by atoms with E-state index in [2.05, 4.69) is 26.7 Å². The second-order valence-corrected chi connectivity index (χ2v) is 7.95. The number of nitrogens with zero attached hydrogens (tertiary/aromatic N) is 4. The molecule has 30 heavy (non-hydrogen) atoms. The zero-order chi connectivity index (χ0) is 21.5. The van der Waals surface area contributed by atoms with Crippen LogP contribution in [0.5, 0.6) is 0 Å². The summed E-state index contributed by atoms with van der Waals surface area (Å²) in [4.78, 5) is 21.0. The Labute approximate surface area is 177 Å². The van der Waals surface area contributed by atoms with Gasteiger partial charge in [0.05, 0.1) is 28.6 Å². The molecule has 0 aliphatic carbocycles. The number of aliphatic hydroxyl groups excluding tert-OH is 1. The molecule has 3 aromatic rings. The number of fused-ring (bicyclic) bond motifs is 1. The molecule has 2 aromatic heterocycles. The SMILES string of the molecule is Cn1cc(Cl)cc(Nc2nccc(-c3cc(C#N)c4c(c3)[C@@](C)(CO)CN4)n2)c1=O. The van der Waals surface area contributed by atoms with Gasteiger partial charge in [-0.05, 0) is 29.8 Å². The summed E-state index contributed by atoms with van der Waals surface area (Å²) < 4.78 is 1.37. The monoisotopic (exact) mass is 422 g/mol. The molecule has 3 heterocycles. The maximum Gasteiger partial charge on any atom is 0.274 e. The Kier molecular flexibility index (Phi) is 4.94. The lowest BCUT2D eigenvalue weighted by Gasteiger charge is -2.21. The lowest BCUT2D eigenvalue weighted by molar-refractivity contribution is 0.219. The van der Waals surface area contributed by atoms with Gasteiger partial charge in [-0.2, -0.15) is 5.26 Å². The van der Waals surface area contributed by atoms with E-state index in [4.69, 9.17) is 11.6 Å². The summed E-state index contributed by atoms with van der Waals surface area (Å²) in [6.45, 7) is 2.44.